The Labute approximate surface area is 69.3 Å². The third-order valence-electron chi connectivity index (χ3n) is 0.698. The number of hydrogen-bond acceptors (Lipinski definition) is 2. The molecule has 62 valence electrons. The number of nitrogens with zero attached hydrogens (tertiary/aromatic N) is 1. The molecule has 1 aliphatic rings. The van der Waals surface area contributed by atoms with Crippen molar-refractivity contribution in [1.82, 2.24) is 0 Å². The maximum absolute atomic E-state index is 4.02. The maximum atomic E-state index is 4.02. The van der Waals surface area contributed by atoms with Gasteiger partial charge in [0.2, 0.25) is 0 Å². The van der Waals surface area contributed by atoms with E-state index in [-0.39, 0.29) is 0 Å². The zero-order chi connectivity index (χ0) is 8.24. The molecule has 0 spiro atoms. The molecule has 0 N–H and O–H groups in total. The van der Waals surface area contributed by atoms with E-state index in [0.717, 1.165) is 6.54 Å². The summed E-state index contributed by atoms with van der Waals surface area (Å²) in [6.07, 6.45) is 1.27. The summed E-state index contributed by atoms with van der Waals surface area (Å²) in [5, 5.41) is 0. The van der Waals surface area contributed by atoms with Gasteiger partial charge in [0.1, 0.15) is 0 Å². The lowest BCUT2D eigenvalue weighted by molar-refractivity contribution is 0.944. The van der Waals surface area contributed by atoms with Crippen LogP contribution in [0.1, 0.15) is 34.1 Å². The molecule has 1 nitrogen and oxygen atoms in total. The summed E-state index contributed by atoms with van der Waals surface area (Å²) < 4.78 is 0. The van der Waals surface area contributed by atoms with Crippen LogP contribution in [0.3, 0.4) is 0 Å². The minimum absolute atomic E-state index is 1.05. The monoisotopic (exact) mass is 161 g/mol. The van der Waals surface area contributed by atoms with Gasteiger partial charge >= 0.3 is 0 Å². The van der Waals surface area contributed by atoms with Crippen molar-refractivity contribution in [2.75, 3.05) is 12.3 Å². The molecule has 0 radical (unpaired) electrons. The predicted octanol–water partition coefficient (Wildman–Crippen LogP) is 3.20. The molecule has 1 heterocycles. The summed E-state index contributed by atoms with van der Waals surface area (Å²) in [6.45, 7) is 9.05. The van der Waals surface area contributed by atoms with Crippen molar-refractivity contribution in [2.45, 2.75) is 34.1 Å². The van der Waals surface area contributed by atoms with E-state index in [0.29, 0.717) is 0 Å². The van der Waals surface area contributed by atoms with Crippen LogP contribution in [0.25, 0.3) is 0 Å². The molecule has 0 saturated heterocycles. The Bertz CT molecular complexity index is 54.3. The van der Waals surface area contributed by atoms with Gasteiger partial charge in [-0.25, -0.2) is 0 Å². The molecule has 0 aliphatic carbocycles. The summed E-state index contributed by atoms with van der Waals surface area (Å²) in [7, 11) is 0. The fraction of sp³-hybridized carbons (Fsp3) is 0.875. The van der Waals surface area contributed by atoms with Crippen LogP contribution >= 0.6 is 11.8 Å². The van der Waals surface area contributed by atoms with Gasteiger partial charge in [0.15, 0.2) is 0 Å². The van der Waals surface area contributed by atoms with E-state index in [2.05, 4.69) is 4.99 Å². The Morgan fingerprint density at radius 2 is 1.80 bits per heavy atom. The molecule has 0 saturated carbocycles. The number of hydrogen-bond donors (Lipinski definition) is 0. The molecule has 0 aromatic carbocycles. The molecular formula is C8H19NS. The van der Waals surface area contributed by atoms with E-state index in [1.807, 2.05) is 33.2 Å². The molecule has 0 atom stereocenters. The van der Waals surface area contributed by atoms with Gasteiger partial charge in [-0.2, -0.15) is 0 Å². The Kier molecular flexibility index (Phi) is 20.3. The van der Waals surface area contributed by atoms with Crippen LogP contribution in [0.4, 0.5) is 0 Å². The molecule has 0 aromatic rings. The third kappa shape index (κ3) is 10.9. The fourth-order valence-corrected chi connectivity index (χ4v) is 1.01. The third-order valence-corrected chi connectivity index (χ3v) is 1.52. The van der Waals surface area contributed by atoms with Gasteiger partial charge in [0.25, 0.3) is 0 Å². The van der Waals surface area contributed by atoms with E-state index in [1.54, 1.807) is 11.8 Å². The van der Waals surface area contributed by atoms with Crippen LogP contribution in [-0.2, 0) is 0 Å². The van der Waals surface area contributed by atoms with E-state index in [9.17, 15) is 0 Å². The van der Waals surface area contributed by atoms with Crippen molar-refractivity contribution in [3.05, 3.63) is 0 Å². The van der Waals surface area contributed by atoms with Crippen LogP contribution in [0.2, 0.25) is 0 Å². The van der Waals surface area contributed by atoms with Gasteiger partial charge in [-0.05, 0) is 6.42 Å². The van der Waals surface area contributed by atoms with Crippen LogP contribution in [0.5, 0.6) is 0 Å². The summed E-state index contributed by atoms with van der Waals surface area (Å²) in [5.74, 6) is 1.27. The molecule has 10 heavy (non-hydrogen) atoms. The second-order valence-electron chi connectivity index (χ2n) is 1.24. The highest BCUT2D eigenvalue weighted by molar-refractivity contribution is 8.12. The smallest absolute Gasteiger partial charge is 0.0541 e. The largest absolute Gasteiger partial charge is 0.286 e. The first-order chi connectivity index (χ1) is 5.00. The highest BCUT2D eigenvalue weighted by atomic mass is 32.2. The Morgan fingerprint density at radius 3 is 1.90 bits per heavy atom. The second kappa shape index (κ2) is 16.0. The summed E-state index contributed by atoms with van der Waals surface area (Å²) in [5.41, 5.74) is 1.93. The van der Waals surface area contributed by atoms with Gasteiger partial charge < -0.3 is 0 Å². The van der Waals surface area contributed by atoms with Crippen molar-refractivity contribution in [1.29, 1.82) is 0 Å². The zero-order valence-corrected chi connectivity index (χ0v) is 8.37. The molecule has 1 aliphatic heterocycles. The zero-order valence-electron chi connectivity index (χ0n) is 7.55. The van der Waals surface area contributed by atoms with Crippen molar-refractivity contribution < 1.29 is 0 Å². The molecule has 0 fully saturated rings. The van der Waals surface area contributed by atoms with Crippen LogP contribution < -0.4 is 0 Å². The SMILES string of the molecule is C1=NCCCS1.CC.CC. The first kappa shape index (κ1) is 12.7. The van der Waals surface area contributed by atoms with Crippen molar-refractivity contribution in [3.63, 3.8) is 0 Å². The molecule has 0 bridgehead atoms. The molecule has 0 aromatic heterocycles. The number of rotatable bonds is 0. The summed E-state index contributed by atoms with van der Waals surface area (Å²) in [6, 6.07) is 0. The highest BCUT2D eigenvalue weighted by Gasteiger charge is 1.88. The number of aliphatic imine (C=N–C) groups is 1. The minimum Gasteiger partial charge on any atom is -0.286 e. The van der Waals surface area contributed by atoms with E-state index < -0.39 is 0 Å². The van der Waals surface area contributed by atoms with E-state index in [1.165, 1.54) is 12.2 Å². The van der Waals surface area contributed by atoms with Crippen LogP contribution in [0.15, 0.2) is 4.99 Å². The lowest BCUT2D eigenvalue weighted by atomic mass is 10.5. The summed E-state index contributed by atoms with van der Waals surface area (Å²) in [4.78, 5) is 4.02. The second-order valence-corrected chi connectivity index (χ2v) is 2.19. The molecule has 0 amide bonds. The minimum atomic E-state index is 1.05. The van der Waals surface area contributed by atoms with Gasteiger partial charge in [0.05, 0.1) is 5.55 Å². The van der Waals surface area contributed by atoms with E-state index in [4.69, 9.17) is 0 Å². The van der Waals surface area contributed by atoms with Crippen LogP contribution in [0, 0.1) is 0 Å². The van der Waals surface area contributed by atoms with Crippen molar-refractivity contribution in [2.24, 2.45) is 4.99 Å². The molecule has 0 unspecified atom stereocenters. The average Bonchev–Trinajstić information content (AvgIpc) is 2.14. The maximum Gasteiger partial charge on any atom is 0.0541 e. The first-order valence-corrected chi connectivity index (χ1v) is 5.15. The first-order valence-electron chi connectivity index (χ1n) is 4.10. The van der Waals surface area contributed by atoms with E-state index >= 15 is 0 Å². The lowest BCUT2D eigenvalue weighted by Gasteiger charge is -1.97. The van der Waals surface area contributed by atoms with Crippen molar-refractivity contribution in [3.8, 4) is 0 Å². The topological polar surface area (TPSA) is 12.4 Å². The van der Waals surface area contributed by atoms with Gasteiger partial charge in [-0.3, -0.25) is 4.99 Å². The normalized spacial score (nSPS) is 14.0. The quantitative estimate of drug-likeness (QED) is 0.531. The van der Waals surface area contributed by atoms with Crippen molar-refractivity contribution >= 4 is 17.3 Å². The summed E-state index contributed by atoms with van der Waals surface area (Å²) >= 11 is 1.80. The van der Waals surface area contributed by atoms with Gasteiger partial charge in [0, 0.05) is 12.3 Å². The Balaban J connectivity index is 0. The number of thioether (sulfide) groups is 1. The van der Waals surface area contributed by atoms with Gasteiger partial charge in [-0.1, -0.05) is 27.7 Å². The van der Waals surface area contributed by atoms with Crippen LogP contribution in [-0.4, -0.2) is 17.8 Å². The fourth-order valence-electron chi connectivity index (χ4n) is 0.397. The molecule has 1 rings (SSSR count). The molecule has 2 heteroatoms. The predicted molar refractivity (Wildman–Crippen MR) is 53.1 cm³/mol. The molecular weight excluding hydrogens is 142 g/mol. The average molecular weight is 161 g/mol. The Morgan fingerprint density at radius 1 is 1.20 bits per heavy atom. The lowest BCUT2D eigenvalue weighted by Crippen LogP contribution is -1.89. The standard InChI is InChI=1S/C4H7NS.2C2H6/c1-2-5-4-6-3-1;2*1-2/h4H,1-3H2;2*1-2H3. The van der Waals surface area contributed by atoms with Gasteiger partial charge in [-0.15, -0.1) is 11.8 Å². The highest BCUT2D eigenvalue weighted by Crippen LogP contribution is 2.02. The Hall–Kier alpha value is 0.0200.